The van der Waals surface area contributed by atoms with Crippen LogP contribution < -0.4 is 5.43 Å². The van der Waals surface area contributed by atoms with E-state index in [1.165, 1.54) is 12.3 Å². The van der Waals surface area contributed by atoms with E-state index < -0.39 is 10.0 Å². The second-order valence-corrected chi connectivity index (χ2v) is 4.90. The van der Waals surface area contributed by atoms with Crippen molar-refractivity contribution in [1.82, 2.24) is 5.43 Å². The van der Waals surface area contributed by atoms with Crippen molar-refractivity contribution in [2.75, 3.05) is 0 Å². The summed E-state index contributed by atoms with van der Waals surface area (Å²) >= 11 is 0. The topological polar surface area (TPSA) is 70.9 Å². The van der Waals surface area contributed by atoms with Crippen LogP contribution in [0.25, 0.3) is 0 Å². The van der Waals surface area contributed by atoms with E-state index in [9.17, 15) is 8.42 Å². The van der Waals surface area contributed by atoms with Crippen molar-refractivity contribution < 1.29 is 8.42 Å². The number of nitrogens with one attached hydrogen (secondary N) is 1. The molecule has 0 spiro atoms. The largest absolute Gasteiger partial charge is 0.285 e. The van der Waals surface area contributed by atoms with Gasteiger partial charge in [0.05, 0.1) is 0 Å². The molecule has 1 aromatic carbocycles. The molecule has 0 radical (unpaired) electrons. The average Bonchev–Trinajstić information content (AvgIpc) is 2.58. The molecule has 0 amide bonds. The molecule has 0 aliphatic carbocycles. The first-order valence-corrected chi connectivity index (χ1v) is 6.44. The minimum Gasteiger partial charge on any atom is -0.260 e. The molecule has 1 aromatic rings. The number of rotatable bonds is 2. The first kappa shape index (κ1) is 11.5. The molecule has 0 unspecified atom stereocenters. The molecule has 88 valence electrons. The minimum atomic E-state index is -3.56. The van der Waals surface area contributed by atoms with Gasteiger partial charge in [0, 0.05) is 11.8 Å². The van der Waals surface area contributed by atoms with Crippen LogP contribution in [0.4, 0.5) is 0 Å². The van der Waals surface area contributed by atoms with Crippen molar-refractivity contribution >= 4 is 22.1 Å². The summed E-state index contributed by atoms with van der Waals surface area (Å²) in [6.45, 7) is 1.86. The predicted molar refractivity (Wildman–Crippen MR) is 66.6 cm³/mol. The van der Waals surface area contributed by atoms with Crippen LogP contribution in [0, 0.1) is 0 Å². The number of sulfonamides is 1. The first-order chi connectivity index (χ1) is 8.15. The summed E-state index contributed by atoms with van der Waals surface area (Å²) in [5, 5.41) is 3.85. The Balaban J connectivity index is 2.32. The standard InChI is InChI=1S/C11H11N3O2S/c1-2-3-8-12-13-11-9-6-4-5-7-10(9)17(15,16)14-11/h2-8H,1H3,(H,13,14)/b3-2+,12-8+. The zero-order valence-electron chi connectivity index (χ0n) is 9.16. The molecule has 0 fully saturated rings. The predicted octanol–water partition coefficient (Wildman–Crippen LogP) is 1.29. The number of hydrogen-bond acceptors (Lipinski definition) is 4. The highest BCUT2D eigenvalue weighted by Gasteiger charge is 2.27. The molecular weight excluding hydrogens is 238 g/mol. The van der Waals surface area contributed by atoms with Gasteiger partial charge < -0.3 is 0 Å². The second kappa shape index (κ2) is 4.50. The highest BCUT2D eigenvalue weighted by Crippen LogP contribution is 2.24. The quantitative estimate of drug-likeness (QED) is 0.634. The lowest BCUT2D eigenvalue weighted by Gasteiger charge is -1.99. The summed E-state index contributed by atoms with van der Waals surface area (Å²) in [6, 6.07) is 6.64. The Morgan fingerprint density at radius 2 is 2.12 bits per heavy atom. The molecule has 2 rings (SSSR count). The fourth-order valence-electron chi connectivity index (χ4n) is 1.41. The Hall–Kier alpha value is -1.95. The lowest BCUT2D eigenvalue weighted by atomic mass is 10.2. The van der Waals surface area contributed by atoms with Crippen molar-refractivity contribution in [3.05, 3.63) is 42.0 Å². The van der Waals surface area contributed by atoms with Crippen LogP contribution in [0.2, 0.25) is 0 Å². The molecule has 1 N–H and O–H groups in total. The van der Waals surface area contributed by atoms with Gasteiger partial charge >= 0.3 is 0 Å². The highest BCUT2D eigenvalue weighted by molar-refractivity contribution is 7.90. The zero-order chi connectivity index (χ0) is 12.3. The Bertz CT molecular complexity index is 615. The van der Waals surface area contributed by atoms with Crippen molar-refractivity contribution in [2.45, 2.75) is 11.8 Å². The molecule has 0 bridgehead atoms. The monoisotopic (exact) mass is 249 g/mol. The molecule has 0 aromatic heterocycles. The van der Waals surface area contributed by atoms with Gasteiger partial charge in [0.15, 0.2) is 5.84 Å². The van der Waals surface area contributed by atoms with Crippen LogP contribution in [0.15, 0.2) is 50.8 Å². The van der Waals surface area contributed by atoms with Gasteiger partial charge in [0.2, 0.25) is 0 Å². The molecule has 0 saturated heterocycles. The lowest BCUT2D eigenvalue weighted by molar-refractivity contribution is 0.599. The number of nitrogens with zero attached hydrogens (tertiary/aromatic N) is 2. The van der Waals surface area contributed by atoms with Gasteiger partial charge in [0.1, 0.15) is 4.90 Å². The molecular formula is C11H11N3O2S. The number of amidine groups is 1. The van der Waals surface area contributed by atoms with Gasteiger partial charge in [0.25, 0.3) is 10.0 Å². The maximum absolute atomic E-state index is 11.7. The first-order valence-electron chi connectivity index (χ1n) is 5.00. The number of hydrogen-bond donors (Lipinski definition) is 1. The Kier molecular flexibility index (Phi) is 3.06. The molecule has 1 aliphatic heterocycles. The van der Waals surface area contributed by atoms with E-state index >= 15 is 0 Å². The van der Waals surface area contributed by atoms with E-state index in [-0.39, 0.29) is 10.7 Å². The van der Waals surface area contributed by atoms with E-state index in [1.54, 1.807) is 24.3 Å². The van der Waals surface area contributed by atoms with E-state index in [2.05, 4.69) is 14.9 Å². The van der Waals surface area contributed by atoms with Gasteiger partial charge in [-0.15, -0.1) is 4.40 Å². The van der Waals surface area contributed by atoms with Crippen LogP contribution in [0.3, 0.4) is 0 Å². The third kappa shape index (κ3) is 2.26. The van der Waals surface area contributed by atoms with Crippen LogP contribution >= 0.6 is 0 Å². The Morgan fingerprint density at radius 3 is 2.88 bits per heavy atom. The fourth-order valence-corrected chi connectivity index (χ4v) is 2.58. The van der Waals surface area contributed by atoms with E-state index in [0.717, 1.165) is 0 Å². The normalized spacial score (nSPS) is 17.4. The van der Waals surface area contributed by atoms with Crippen molar-refractivity contribution in [3.8, 4) is 0 Å². The van der Waals surface area contributed by atoms with Gasteiger partial charge in [-0.05, 0) is 25.1 Å². The van der Waals surface area contributed by atoms with E-state index in [0.29, 0.717) is 5.56 Å². The van der Waals surface area contributed by atoms with Crippen molar-refractivity contribution in [2.24, 2.45) is 9.50 Å². The third-order valence-corrected chi connectivity index (χ3v) is 3.49. The Morgan fingerprint density at radius 1 is 1.35 bits per heavy atom. The number of allylic oxidation sites excluding steroid dienone is 2. The number of fused-ring (bicyclic) bond motifs is 1. The maximum Gasteiger partial charge on any atom is 0.285 e. The number of hydrazone groups is 1. The SMILES string of the molecule is C/C=C/C=N/NC1=NS(=O)(=O)c2ccccc21. The molecule has 1 heterocycles. The minimum absolute atomic E-state index is 0.212. The van der Waals surface area contributed by atoms with Crippen LogP contribution in [-0.2, 0) is 10.0 Å². The average molecular weight is 249 g/mol. The molecule has 17 heavy (non-hydrogen) atoms. The molecule has 5 nitrogen and oxygen atoms in total. The van der Waals surface area contributed by atoms with Gasteiger partial charge in [-0.1, -0.05) is 18.2 Å². The zero-order valence-corrected chi connectivity index (χ0v) is 9.98. The summed E-state index contributed by atoms with van der Waals surface area (Å²) < 4.78 is 26.9. The summed E-state index contributed by atoms with van der Waals surface area (Å²) in [6.07, 6.45) is 5.06. The Labute approximate surface area is 99.6 Å². The van der Waals surface area contributed by atoms with Crippen molar-refractivity contribution in [3.63, 3.8) is 0 Å². The van der Waals surface area contributed by atoms with Gasteiger partial charge in [-0.25, -0.2) is 0 Å². The van der Waals surface area contributed by atoms with E-state index in [1.807, 2.05) is 13.0 Å². The number of benzene rings is 1. The van der Waals surface area contributed by atoms with Gasteiger partial charge in [-0.2, -0.15) is 13.5 Å². The summed E-state index contributed by atoms with van der Waals surface area (Å²) in [4.78, 5) is 0.212. The fraction of sp³-hybridized carbons (Fsp3) is 0.0909. The van der Waals surface area contributed by atoms with Crippen molar-refractivity contribution in [1.29, 1.82) is 0 Å². The lowest BCUT2D eigenvalue weighted by Crippen LogP contribution is -2.16. The smallest absolute Gasteiger partial charge is 0.260 e. The van der Waals surface area contributed by atoms with Crippen LogP contribution in [-0.4, -0.2) is 20.5 Å². The van der Waals surface area contributed by atoms with Gasteiger partial charge in [-0.3, -0.25) is 5.43 Å². The van der Waals surface area contributed by atoms with E-state index in [4.69, 9.17) is 0 Å². The van der Waals surface area contributed by atoms with Crippen LogP contribution in [0.5, 0.6) is 0 Å². The second-order valence-electron chi connectivity index (χ2n) is 3.33. The van der Waals surface area contributed by atoms with Crippen LogP contribution in [0.1, 0.15) is 12.5 Å². The molecule has 0 atom stereocenters. The molecule has 6 heteroatoms. The molecule has 0 saturated carbocycles. The third-order valence-electron chi connectivity index (χ3n) is 2.16. The summed E-state index contributed by atoms with van der Waals surface area (Å²) in [7, 11) is -3.56. The highest BCUT2D eigenvalue weighted by atomic mass is 32.2. The summed E-state index contributed by atoms with van der Waals surface area (Å²) in [5.41, 5.74) is 3.16. The maximum atomic E-state index is 11.7. The molecule has 1 aliphatic rings. The summed E-state index contributed by atoms with van der Waals surface area (Å²) in [5.74, 6) is 0.251.